The first-order valence-corrected chi connectivity index (χ1v) is 6.20. The van der Waals surface area contributed by atoms with Crippen molar-refractivity contribution in [3.63, 3.8) is 0 Å². The van der Waals surface area contributed by atoms with Crippen LogP contribution in [-0.4, -0.2) is 55.0 Å². The molecule has 0 radical (unpaired) electrons. The summed E-state index contributed by atoms with van der Waals surface area (Å²) in [7, 11) is 2.00. The van der Waals surface area contributed by atoms with Crippen molar-refractivity contribution >= 4 is 0 Å². The monoisotopic (exact) mass is 293 g/mol. The summed E-state index contributed by atoms with van der Waals surface area (Å²) in [6.07, 6.45) is 3.01. The molecule has 1 fully saturated rings. The second kappa shape index (κ2) is 10.3. The number of halogens is 3. The van der Waals surface area contributed by atoms with E-state index in [-0.39, 0.29) is 11.4 Å². The Morgan fingerprint density at radius 1 is 1.30 bits per heavy atom. The lowest BCUT2D eigenvalue weighted by Gasteiger charge is -2.34. The van der Waals surface area contributed by atoms with Crippen molar-refractivity contribution in [2.75, 3.05) is 40.1 Å². The molecule has 0 aromatic carbocycles. The SMILES string of the molecule is C\C=C(N)/C(F)=C\C(=C\F)N1CCN(C)CC1.OCF. The maximum absolute atomic E-state index is 13.5. The molecule has 0 saturated carbocycles. The standard InChI is InChI=1S/C12H19F2N3.CH3FO/c1-3-12(15)11(14)8-10(9-13)17-6-4-16(2)5-7-17;2-1-3/h3,8-9H,4-7,15H2,1-2H3;3H,1H2/b10-9-,11-8+,12-3+;. The number of aliphatic hydroxyl groups excluding tert-OH is 1. The molecule has 0 bridgehead atoms. The average molecular weight is 293 g/mol. The number of likely N-dealkylation sites (N-methyl/N-ethyl adjacent to an activating group) is 1. The first-order valence-electron chi connectivity index (χ1n) is 6.20. The largest absolute Gasteiger partial charge is 0.397 e. The van der Waals surface area contributed by atoms with Crippen LogP contribution >= 0.6 is 0 Å². The minimum absolute atomic E-state index is 0.0264. The van der Waals surface area contributed by atoms with Gasteiger partial charge < -0.3 is 20.6 Å². The van der Waals surface area contributed by atoms with Gasteiger partial charge in [-0.2, -0.15) is 0 Å². The highest BCUT2D eigenvalue weighted by Crippen LogP contribution is 2.15. The summed E-state index contributed by atoms with van der Waals surface area (Å²) in [5.41, 5.74) is 5.68. The fraction of sp³-hybridized carbons (Fsp3) is 0.538. The van der Waals surface area contributed by atoms with Crippen molar-refractivity contribution in [1.82, 2.24) is 9.80 Å². The summed E-state index contributed by atoms with van der Waals surface area (Å²) >= 11 is 0. The Bertz CT molecular complexity index is 362. The van der Waals surface area contributed by atoms with Crippen molar-refractivity contribution in [3.8, 4) is 0 Å². The van der Waals surface area contributed by atoms with E-state index < -0.39 is 12.7 Å². The van der Waals surface area contributed by atoms with Gasteiger partial charge in [-0.1, -0.05) is 6.08 Å². The lowest BCUT2D eigenvalue weighted by atomic mass is 10.2. The zero-order valence-electron chi connectivity index (χ0n) is 11.8. The first-order chi connectivity index (χ1) is 9.49. The zero-order chi connectivity index (χ0) is 15.5. The molecule has 1 saturated heterocycles. The second-order valence-electron chi connectivity index (χ2n) is 4.18. The molecule has 1 rings (SSSR count). The van der Waals surface area contributed by atoms with E-state index in [4.69, 9.17) is 10.8 Å². The van der Waals surface area contributed by atoms with E-state index in [1.165, 1.54) is 6.08 Å². The van der Waals surface area contributed by atoms with Crippen molar-refractivity contribution in [1.29, 1.82) is 0 Å². The number of rotatable bonds is 3. The normalized spacial score (nSPS) is 18.7. The molecule has 1 aliphatic rings. The van der Waals surface area contributed by atoms with E-state index in [2.05, 4.69) is 4.90 Å². The Hall–Kier alpha value is -1.47. The van der Waals surface area contributed by atoms with E-state index in [9.17, 15) is 13.2 Å². The van der Waals surface area contributed by atoms with Crippen LogP contribution in [-0.2, 0) is 0 Å². The highest BCUT2D eigenvalue weighted by molar-refractivity contribution is 5.29. The quantitative estimate of drug-likeness (QED) is 0.777. The Labute approximate surface area is 117 Å². The second-order valence-corrected chi connectivity index (χ2v) is 4.18. The number of alkyl halides is 1. The minimum Gasteiger partial charge on any atom is -0.397 e. The molecule has 3 N–H and O–H groups in total. The van der Waals surface area contributed by atoms with Crippen LogP contribution in [0.4, 0.5) is 13.2 Å². The molecule has 116 valence electrons. The molecule has 7 heteroatoms. The first kappa shape index (κ1) is 18.5. The zero-order valence-corrected chi connectivity index (χ0v) is 11.8. The average Bonchev–Trinajstić information content (AvgIpc) is 2.45. The molecule has 0 aromatic rings. The summed E-state index contributed by atoms with van der Waals surface area (Å²) in [5, 5.41) is 6.90. The van der Waals surface area contributed by atoms with Crippen LogP contribution in [0.2, 0.25) is 0 Å². The Kier molecular flexibility index (Phi) is 9.57. The van der Waals surface area contributed by atoms with Gasteiger partial charge in [-0.15, -0.1) is 0 Å². The number of hydrogen-bond donors (Lipinski definition) is 2. The predicted octanol–water partition coefficient (Wildman–Crippen LogP) is 1.67. The van der Waals surface area contributed by atoms with E-state index in [0.29, 0.717) is 19.4 Å². The maximum Gasteiger partial charge on any atom is 0.185 e. The molecule has 0 aromatic heterocycles. The third-order valence-electron chi connectivity index (χ3n) is 2.84. The molecule has 0 amide bonds. The van der Waals surface area contributed by atoms with Crippen molar-refractivity contribution < 1.29 is 18.3 Å². The summed E-state index contributed by atoms with van der Waals surface area (Å²) in [6, 6.07) is 0. The molecule has 1 aliphatic heterocycles. The molecular weight excluding hydrogens is 271 g/mol. The fourth-order valence-electron chi connectivity index (χ4n) is 1.61. The third kappa shape index (κ3) is 6.63. The number of hydrogen-bond acceptors (Lipinski definition) is 4. The molecule has 0 spiro atoms. The molecular formula is C13H22F3N3O. The van der Waals surface area contributed by atoms with Crippen LogP contribution in [0.3, 0.4) is 0 Å². The van der Waals surface area contributed by atoms with Crippen LogP contribution in [0.25, 0.3) is 0 Å². The smallest absolute Gasteiger partial charge is 0.185 e. The third-order valence-corrected chi connectivity index (χ3v) is 2.84. The lowest BCUT2D eigenvalue weighted by Crippen LogP contribution is -2.43. The highest BCUT2D eigenvalue weighted by Gasteiger charge is 2.16. The van der Waals surface area contributed by atoms with Gasteiger partial charge in [0.05, 0.1) is 11.4 Å². The Balaban J connectivity index is 0.00000110. The molecule has 0 atom stereocenters. The maximum atomic E-state index is 13.5. The number of aliphatic hydroxyl groups is 1. The minimum atomic E-state index is -1.25. The van der Waals surface area contributed by atoms with Gasteiger partial charge in [0.15, 0.2) is 6.86 Å². The fourth-order valence-corrected chi connectivity index (χ4v) is 1.61. The Morgan fingerprint density at radius 3 is 2.20 bits per heavy atom. The molecule has 4 nitrogen and oxygen atoms in total. The van der Waals surface area contributed by atoms with Gasteiger partial charge in [0.2, 0.25) is 0 Å². The van der Waals surface area contributed by atoms with Gasteiger partial charge in [0, 0.05) is 32.3 Å². The topological polar surface area (TPSA) is 52.7 Å². The Morgan fingerprint density at radius 2 is 1.80 bits per heavy atom. The van der Waals surface area contributed by atoms with Crippen LogP contribution in [0.5, 0.6) is 0 Å². The van der Waals surface area contributed by atoms with E-state index in [1.54, 1.807) is 6.92 Å². The number of allylic oxidation sites excluding steroid dienone is 3. The van der Waals surface area contributed by atoms with Gasteiger partial charge in [0.1, 0.15) is 12.2 Å². The van der Waals surface area contributed by atoms with Gasteiger partial charge in [-0.05, 0) is 14.0 Å². The van der Waals surface area contributed by atoms with Crippen LogP contribution in [0.1, 0.15) is 6.92 Å². The van der Waals surface area contributed by atoms with Crippen LogP contribution < -0.4 is 5.73 Å². The van der Waals surface area contributed by atoms with Crippen molar-refractivity contribution in [2.45, 2.75) is 6.92 Å². The van der Waals surface area contributed by atoms with Crippen molar-refractivity contribution in [2.24, 2.45) is 5.73 Å². The van der Waals surface area contributed by atoms with E-state index in [1.807, 2.05) is 11.9 Å². The van der Waals surface area contributed by atoms with Gasteiger partial charge in [-0.25, -0.2) is 13.2 Å². The van der Waals surface area contributed by atoms with Gasteiger partial charge >= 0.3 is 0 Å². The van der Waals surface area contributed by atoms with Crippen LogP contribution in [0, 0.1) is 0 Å². The number of piperazine rings is 1. The molecule has 1 heterocycles. The predicted molar refractivity (Wildman–Crippen MR) is 73.6 cm³/mol. The molecule has 0 unspecified atom stereocenters. The van der Waals surface area contributed by atoms with Crippen LogP contribution in [0.15, 0.2) is 35.7 Å². The number of nitrogens with zero attached hydrogens (tertiary/aromatic N) is 2. The van der Waals surface area contributed by atoms with Gasteiger partial charge in [-0.3, -0.25) is 0 Å². The summed E-state index contributed by atoms with van der Waals surface area (Å²) < 4.78 is 36.1. The lowest BCUT2D eigenvalue weighted by molar-refractivity contribution is 0.168. The molecule has 0 aliphatic carbocycles. The van der Waals surface area contributed by atoms with Crippen molar-refractivity contribution in [3.05, 3.63) is 35.7 Å². The summed E-state index contributed by atoms with van der Waals surface area (Å²) in [6.45, 7) is 3.44. The summed E-state index contributed by atoms with van der Waals surface area (Å²) in [5.74, 6) is -0.602. The van der Waals surface area contributed by atoms with E-state index >= 15 is 0 Å². The molecule has 20 heavy (non-hydrogen) atoms. The van der Waals surface area contributed by atoms with Gasteiger partial charge in [0.25, 0.3) is 0 Å². The van der Waals surface area contributed by atoms with E-state index in [0.717, 1.165) is 19.2 Å². The highest BCUT2D eigenvalue weighted by atomic mass is 19.1. The number of nitrogens with two attached hydrogens (primary N) is 1. The summed E-state index contributed by atoms with van der Waals surface area (Å²) in [4.78, 5) is 3.95.